The van der Waals surface area contributed by atoms with Crippen LogP contribution in [0.3, 0.4) is 0 Å². The van der Waals surface area contributed by atoms with Gasteiger partial charge in [0.15, 0.2) is 0 Å². The molecule has 5 heteroatoms. The minimum Gasteiger partial charge on any atom is -0.397 e. The average Bonchev–Trinajstić information content (AvgIpc) is 2.34. The molecular formula is C14H23N3O2. The number of ether oxygens (including phenoxy) is 1. The van der Waals surface area contributed by atoms with Crippen molar-refractivity contribution in [3.63, 3.8) is 0 Å². The zero-order chi connectivity index (χ0) is 14.4. The maximum absolute atomic E-state index is 12.0. The van der Waals surface area contributed by atoms with Crippen LogP contribution in [0.1, 0.15) is 12.5 Å². The molecule has 1 aromatic rings. The van der Waals surface area contributed by atoms with Gasteiger partial charge in [0, 0.05) is 13.2 Å². The van der Waals surface area contributed by atoms with E-state index in [-0.39, 0.29) is 11.9 Å². The van der Waals surface area contributed by atoms with Crippen molar-refractivity contribution in [1.29, 1.82) is 0 Å². The number of methoxy groups -OCH3 is 1. The first-order valence-electron chi connectivity index (χ1n) is 6.29. The lowest BCUT2D eigenvalue weighted by Crippen LogP contribution is -2.38. The standard InChI is InChI=1S/C14H23N3O2/c1-10-6-5-7-12(15)14(10)16-13(18)8-17(3)11(2)9-19-4/h5-7,11H,8-9,15H2,1-4H3,(H,16,18). The second-order valence-corrected chi connectivity index (χ2v) is 4.81. The number of nitrogens with zero attached hydrogens (tertiary/aromatic N) is 1. The molecule has 106 valence electrons. The first-order valence-corrected chi connectivity index (χ1v) is 6.29. The molecule has 0 heterocycles. The predicted molar refractivity (Wildman–Crippen MR) is 78.2 cm³/mol. The fourth-order valence-electron chi connectivity index (χ4n) is 1.79. The van der Waals surface area contributed by atoms with Crippen LogP contribution in [0.2, 0.25) is 0 Å². The zero-order valence-electron chi connectivity index (χ0n) is 12.1. The van der Waals surface area contributed by atoms with E-state index in [9.17, 15) is 4.79 Å². The summed E-state index contributed by atoms with van der Waals surface area (Å²) in [5.74, 6) is -0.0774. The first-order chi connectivity index (χ1) is 8.95. The largest absolute Gasteiger partial charge is 0.397 e. The Labute approximate surface area is 114 Å². The summed E-state index contributed by atoms with van der Waals surface area (Å²) in [5.41, 5.74) is 8.10. The van der Waals surface area contributed by atoms with Crippen molar-refractivity contribution < 1.29 is 9.53 Å². The van der Waals surface area contributed by atoms with Gasteiger partial charge in [-0.15, -0.1) is 0 Å². The Kier molecular flexibility index (Phi) is 5.79. The van der Waals surface area contributed by atoms with Gasteiger partial charge in [-0.2, -0.15) is 0 Å². The van der Waals surface area contributed by atoms with E-state index in [0.29, 0.717) is 24.5 Å². The fourth-order valence-corrected chi connectivity index (χ4v) is 1.79. The number of nitrogens with one attached hydrogen (secondary N) is 1. The lowest BCUT2D eigenvalue weighted by atomic mass is 10.1. The summed E-state index contributed by atoms with van der Waals surface area (Å²) in [6.45, 7) is 4.83. The molecule has 1 atom stereocenters. The third kappa shape index (κ3) is 4.54. The molecule has 0 spiro atoms. The second kappa shape index (κ2) is 7.11. The highest BCUT2D eigenvalue weighted by atomic mass is 16.5. The normalized spacial score (nSPS) is 12.5. The number of amides is 1. The molecule has 1 amide bonds. The minimum atomic E-state index is -0.0774. The first kappa shape index (κ1) is 15.5. The summed E-state index contributed by atoms with van der Waals surface area (Å²) in [6, 6.07) is 5.75. The van der Waals surface area contributed by atoms with Crippen molar-refractivity contribution in [1.82, 2.24) is 4.90 Å². The number of anilines is 2. The van der Waals surface area contributed by atoms with Gasteiger partial charge in [0.2, 0.25) is 5.91 Å². The molecule has 0 saturated carbocycles. The van der Waals surface area contributed by atoms with Gasteiger partial charge < -0.3 is 15.8 Å². The van der Waals surface area contributed by atoms with E-state index < -0.39 is 0 Å². The summed E-state index contributed by atoms with van der Waals surface area (Å²) in [4.78, 5) is 13.9. The Morgan fingerprint density at radius 2 is 2.21 bits per heavy atom. The predicted octanol–water partition coefficient (Wildman–Crippen LogP) is 1.48. The van der Waals surface area contributed by atoms with Crippen LogP contribution in [-0.4, -0.2) is 44.2 Å². The molecule has 0 aliphatic rings. The Bertz CT molecular complexity index is 414. The number of nitrogens with two attached hydrogens (primary N) is 1. The molecular weight excluding hydrogens is 242 g/mol. The number of hydrogen-bond donors (Lipinski definition) is 2. The van der Waals surface area contributed by atoms with Crippen molar-refractivity contribution in [2.75, 3.05) is 38.4 Å². The van der Waals surface area contributed by atoms with Gasteiger partial charge in [-0.1, -0.05) is 12.1 Å². The fraction of sp³-hybridized carbons (Fsp3) is 0.500. The van der Waals surface area contributed by atoms with Gasteiger partial charge in [-0.05, 0) is 32.5 Å². The molecule has 5 nitrogen and oxygen atoms in total. The Morgan fingerprint density at radius 3 is 2.79 bits per heavy atom. The van der Waals surface area contributed by atoms with Crippen LogP contribution in [0.15, 0.2) is 18.2 Å². The van der Waals surface area contributed by atoms with Gasteiger partial charge >= 0.3 is 0 Å². The minimum absolute atomic E-state index is 0.0774. The zero-order valence-corrected chi connectivity index (χ0v) is 12.1. The van der Waals surface area contributed by atoms with Crippen LogP contribution in [0.25, 0.3) is 0 Å². The topological polar surface area (TPSA) is 67.6 Å². The van der Waals surface area contributed by atoms with Crippen LogP contribution < -0.4 is 11.1 Å². The molecule has 0 bridgehead atoms. The Balaban J connectivity index is 2.61. The number of carbonyl (C=O) groups is 1. The number of likely N-dealkylation sites (N-methyl/N-ethyl adjacent to an activating group) is 1. The molecule has 19 heavy (non-hydrogen) atoms. The number of rotatable bonds is 6. The number of benzene rings is 1. The second-order valence-electron chi connectivity index (χ2n) is 4.81. The molecule has 0 aliphatic carbocycles. The summed E-state index contributed by atoms with van der Waals surface area (Å²) in [7, 11) is 3.54. The SMILES string of the molecule is COCC(C)N(C)CC(=O)Nc1c(C)cccc1N. The van der Waals surface area contributed by atoms with Crippen molar-refractivity contribution in [3.8, 4) is 0 Å². The lowest BCUT2D eigenvalue weighted by molar-refractivity contribution is -0.117. The van der Waals surface area contributed by atoms with E-state index in [1.165, 1.54) is 0 Å². The van der Waals surface area contributed by atoms with Gasteiger partial charge in [-0.25, -0.2) is 0 Å². The Hall–Kier alpha value is -1.59. The van der Waals surface area contributed by atoms with Crippen molar-refractivity contribution in [2.45, 2.75) is 19.9 Å². The molecule has 0 fully saturated rings. The lowest BCUT2D eigenvalue weighted by Gasteiger charge is -2.23. The van der Waals surface area contributed by atoms with E-state index in [1.54, 1.807) is 13.2 Å². The number of nitrogen functional groups attached to an aromatic ring is 1. The third-order valence-corrected chi connectivity index (χ3v) is 3.12. The van der Waals surface area contributed by atoms with Crippen LogP contribution in [-0.2, 0) is 9.53 Å². The smallest absolute Gasteiger partial charge is 0.238 e. The van der Waals surface area contributed by atoms with Crippen LogP contribution in [0.4, 0.5) is 11.4 Å². The monoisotopic (exact) mass is 265 g/mol. The number of para-hydroxylation sites is 1. The number of aryl methyl sites for hydroxylation is 1. The Morgan fingerprint density at radius 1 is 1.53 bits per heavy atom. The van der Waals surface area contributed by atoms with Crippen LogP contribution in [0, 0.1) is 6.92 Å². The highest BCUT2D eigenvalue weighted by Gasteiger charge is 2.14. The molecule has 1 aromatic carbocycles. The molecule has 1 unspecified atom stereocenters. The summed E-state index contributed by atoms with van der Waals surface area (Å²) >= 11 is 0. The maximum atomic E-state index is 12.0. The van der Waals surface area contributed by atoms with Gasteiger partial charge in [0.1, 0.15) is 0 Å². The van der Waals surface area contributed by atoms with Crippen molar-refractivity contribution in [2.24, 2.45) is 0 Å². The highest BCUT2D eigenvalue weighted by molar-refractivity contribution is 5.96. The van der Waals surface area contributed by atoms with Gasteiger partial charge in [0.05, 0.1) is 24.5 Å². The van der Waals surface area contributed by atoms with Gasteiger partial charge in [-0.3, -0.25) is 9.69 Å². The molecule has 0 radical (unpaired) electrons. The maximum Gasteiger partial charge on any atom is 0.238 e. The van der Waals surface area contributed by atoms with Gasteiger partial charge in [0.25, 0.3) is 0 Å². The number of carbonyl (C=O) groups excluding carboxylic acids is 1. The third-order valence-electron chi connectivity index (χ3n) is 3.12. The van der Waals surface area contributed by atoms with Crippen molar-refractivity contribution >= 4 is 17.3 Å². The van der Waals surface area contributed by atoms with Crippen LogP contribution in [0.5, 0.6) is 0 Å². The summed E-state index contributed by atoms with van der Waals surface area (Å²) < 4.78 is 5.07. The molecule has 0 aliphatic heterocycles. The van der Waals surface area contributed by atoms with Crippen molar-refractivity contribution in [3.05, 3.63) is 23.8 Å². The summed E-state index contributed by atoms with van der Waals surface area (Å²) in [5, 5.41) is 2.86. The summed E-state index contributed by atoms with van der Waals surface area (Å²) in [6.07, 6.45) is 0. The van der Waals surface area contributed by atoms with Crippen LogP contribution >= 0.6 is 0 Å². The molecule has 0 saturated heterocycles. The highest BCUT2D eigenvalue weighted by Crippen LogP contribution is 2.22. The van der Waals surface area contributed by atoms with E-state index in [2.05, 4.69) is 5.32 Å². The average molecular weight is 265 g/mol. The van der Waals surface area contributed by atoms with E-state index in [0.717, 1.165) is 5.56 Å². The van der Waals surface area contributed by atoms with E-state index in [1.807, 2.05) is 37.9 Å². The molecule has 3 N–H and O–H groups in total. The van der Waals surface area contributed by atoms with E-state index in [4.69, 9.17) is 10.5 Å². The molecule has 0 aromatic heterocycles. The molecule has 1 rings (SSSR count). The quantitative estimate of drug-likeness (QED) is 0.765. The number of hydrogen-bond acceptors (Lipinski definition) is 4. The van der Waals surface area contributed by atoms with E-state index >= 15 is 0 Å².